The molecule has 0 radical (unpaired) electrons. The van der Waals surface area contributed by atoms with Gasteiger partial charge in [0.2, 0.25) is 5.91 Å². The summed E-state index contributed by atoms with van der Waals surface area (Å²) in [5, 5.41) is 2.93. The van der Waals surface area contributed by atoms with E-state index in [0.29, 0.717) is 12.3 Å². The van der Waals surface area contributed by atoms with Crippen molar-refractivity contribution in [3.63, 3.8) is 0 Å². The number of hydrogen-bond donors (Lipinski definition) is 2. The maximum absolute atomic E-state index is 11.9. The standard InChI is InChI=1S/C16H22N2OS/c1-12-10-13(6-5-9-17)7-8-14(12)18-15(19)11-20-16(2,3)4/h7-8,10H,9,11,17H2,1-4H3,(H,18,19). The van der Waals surface area contributed by atoms with E-state index < -0.39 is 0 Å². The van der Waals surface area contributed by atoms with Crippen molar-refractivity contribution >= 4 is 23.4 Å². The SMILES string of the molecule is Cc1cc(C#CCN)ccc1NC(=O)CSC(C)(C)C. The van der Waals surface area contributed by atoms with Gasteiger partial charge in [-0.3, -0.25) is 4.79 Å². The summed E-state index contributed by atoms with van der Waals surface area (Å²) in [4.78, 5) is 11.9. The van der Waals surface area contributed by atoms with Crippen LogP contribution in [0.5, 0.6) is 0 Å². The van der Waals surface area contributed by atoms with E-state index in [0.717, 1.165) is 16.8 Å². The van der Waals surface area contributed by atoms with E-state index in [1.54, 1.807) is 11.8 Å². The van der Waals surface area contributed by atoms with Gasteiger partial charge in [0, 0.05) is 16.0 Å². The fourth-order valence-electron chi connectivity index (χ4n) is 1.50. The number of carbonyl (C=O) groups excluding carboxylic acids is 1. The lowest BCUT2D eigenvalue weighted by Gasteiger charge is -2.17. The van der Waals surface area contributed by atoms with Crippen LogP contribution in [0.4, 0.5) is 5.69 Å². The summed E-state index contributed by atoms with van der Waals surface area (Å²) in [6, 6.07) is 5.73. The summed E-state index contributed by atoms with van der Waals surface area (Å²) in [5.74, 6) is 6.27. The molecule has 3 nitrogen and oxygen atoms in total. The third kappa shape index (κ3) is 6.14. The molecule has 0 fully saturated rings. The van der Waals surface area contributed by atoms with Gasteiger partial charge in [-0.05, 0) is 30.7 Å². The minimum atomic E-state index is 0.0221. The number of carbonyl (C=O) groups is 1. The summed E-state index contributed by atoms with van der Waals surface area (Å²) in [6.45, 7) is 8.60. The number of aryl methyl sites for hydroxylation is 1. The van der Waals surface area contributed by atoms with Gasteiger partial charge in [0.1, 0.15) is 0 Å². The lowest BCUT2D eigenvalue weighted by molar-refractivity contribution is -0.113. The van der Waals surface area contributed by atoms with Gasteiger partial charge in [0.25, 0.3) is 0 Å². The molecule has 0 atom stereocenters. The third-order valence-corrected chi connectivity index (χ3v) is 3.74. The van der Waals surface area contributed by atoms with Crippen LogP contribution in [0.1, 0.15) is 31.9 Å². The first-order valence-corrected chi connectivity index (χ1v) is 7.54. The number of hydrogen-bond acceptors (Lipinski definition) is 3. The van der Waals surface area contributed by atoms with Gasteiger partial charge in [-0.1, -0.05) is 32.6 Å². The van der Waals surface area contributed by atoms with Gasteiger partial charge in [-0.25, -0.2) is 0 Å². The molecule has 0 saturated heterocycles. The average Bonchev–Trinajstić information content (AvgIpc) is 2.36. The Bertz CT molecular complexity index is 536. The van der Waals surface area contributed by atoms with Crippen molar-refractivity contribution in [2.24, 2.45) is 5.73 Å². The molecule has 0 aliphatic heterocycles. The van der Waals surface area contributed by atoms with E-state index in [2.05, 4.69) is 37.9 Å². The molecule has 20 heavy (non-hydrogen) atoms. The Hall–Kier alpha value is -1.44. The maximum atomic E-state index is 11.9. The number of amides is 1. The lowest BCUT2D eigenvalue weighted by Crippen LogP contribution is -2.19. The van der Waals surface area contributed by atoms with Gasteiger partial charge in [0.15, 0.2) is 0 Å². The number of nitrogens with two attached hydrogens (primary N) is 1. The first kappa shape index (κ1) is 16.6. The molecule has 1 aromatic rings. The van der Waals surface area contributed by atoms with Crippen molar-refractivity contribution in [3.05, 3.63) is 29.3 Å². The molecule has 0 heterocycles. The van der Waals surface area contributed by atoms with Crippen LogP contribution in [0.2, 0.25) is 0 Å². The Morgan fingerprint density at radius 1 is 1.40 bits per heavy atom. The molecule has 0 saturated carbocycles. The van der Waals surface area contributed by atoms with Crippen molar-refractivity contribution < 1.29 is 4.79 Å². The van der Waals surface area contributed by atoms with E-state index in [4.69, 9.17) is 5.73 Å². The van der Waals surface area contributed by atoms with Crippen LogP contribution in [0, 0.1) is 18.8 Å². The molecule has 3 N–H and O–H groups in total. The quantitative estimate of drug-likeness (QED) is 0.842. The molecule has 1 aromatic carbocycles. The second-order valence-electron chi connectivity index (χ2n) is 5.48. The molecule has 0 aromatic heterocycles. The lowest BCUT2D eigenvalue weighted by atomic mass is 10.1. The minimum Gasteiger partial charge on any atom is -0.325 e. The Balaban J connectivity index is 2.67. The zero-order valence-corrected chi connectivity index (χ0v) is 13.4. The zero-order chi connectivity index (χ0) is 15.2. The molecular formula is C16H22N2OS. The van der Waals surface area contributed by atoms with Crippen molar-refractivity contribution in [1.82, 2.24) is 0 Å². The van der Waals surface area contributed by atoms with Crippen molar-refractivity contribution in [2.75, 3.05) is 17.6 Å². The van der Waals surface area contributed by atoms with Crippen LogP contribution in [-0.4, -0.2) is 23.0 Å². The molecule has 0 spiro atoms. The summed E-state index contributed by atoms with van der Waals surface area (Å²) in [7, 11) is 0. The highest BCUT2D eigenvalue weighted by molar-refractivity contribution is 8.01. The fraction of sp³-hybridized carbons (Fsp3) is 0.438. The van der Waals surface area contributed by atoms with Gasteiger partial charge < -0.3 is 11.1 Å². The highest BCUT2D eigenvalue weighted by Gasteiger charge is 2.13. The smallest absolute Gasteiger partial charge is 0.234 e. The number of nitrogens with one attached hydrogen (secondary N) is 1. The molecule has 1 amide bonds. The largest absolute Gasteiger partial charge is 0.325 e. The molecular weight excluding hydrogens is 268 g/mol. The maximum Gasteiger partial charge on any atom is 0.234 e. The Labute approximate surface area is 125 Å². The summed E-state index contributed by atoms with van der Waals surface area (Å²) >= 11 is 1.63. The van der Waals surface area contributed by atoms with E-state index in [-0.39, 0.29) is 10.7 Å². The number of anilines is 1. The Morgan fingerprint density at radius 3 is 2.65 bits per heavy atom. The predicted octanol–water partition coefficient (Wildman–Crippen LogP) is 2.78. The van der Waals surface area contributed by atoms with Crippen LogP contribution in [0.25, 0.3) is 0 Å². The summed E-state index contributed by atoms with van der Waals surface area (Å²) in [5.41, 5.74) is 8.10. The van der Waals surface area contributed by atoms with Crippen LogP contribution >= 0.6 is 11.8 Å². The first-order valence-electron chi connectivity index (χ1n) is 6.55. The number of thioether (sulfide) groups is 1. The van der Waals surface area contributed by atoms with Crippen molar-refractivity contribution in [3.8, 4) is 11.8 Å². The van der Waals surface area contributed by atoms with Crippen LogP contribution in [0.15, 0.2) is 18.2 Å². The highest BCUT2D eigenvalue weighted by Crippen LogP contribution is 2.23. The van der Waals surface area contributed by atoms with E-state index in [1.165, 1.54) is 0 Å². The second kappa shape index (κ2) is 7.37. The fourth-order valence-corrected chi connectivity index (χ4v) is 2.14. The van der Waals surface area contributed by atoms with Crippen molar-refractivity contribution in [2.45, 2.75) is 32.4 Å². The van der Waals surface area contributed by atoms with Crippen LogP contribution < -0.4 is 11.1 Å². The van der Waals surface area contributed by atoms with Gasteiger partial charge in [-0.2, -0.15) is 0 Å². The summed E-state index contributed by atoms with van der Waals surface area (Å²) < 4.78 is 0.0913. The van der Waals surface area contributed by atoms with Crippen molar-refractivity contribution in [1.29, 1.82) is 0 Å². The molecule has 0 aliphatic carbocycles. The summed E-state index contributed by atoms with van der Waals surface area (Å²) in [6.07, 6.45) is 0. The Morgan fingerprint density at radius 2 is 2.10 bits per heavy atom. The Kier molecular flexibility index (Phi) is 6.12. The molecule has 0 unspecified atom stereocenters. The minimum absolute atomic E-state index is 0.0221. The monoisotopic (exact) mass is 290 g/mol. The normalized spacial score (nSPS) is 10.7. The third-order valence-electron chi connectivity index (χ3n) is 2.47. The predicted molar refractivity (Wildman–Crippen MR) is 88.0 cm³/mol. The van der Waals surface area contributed by atoms with Crippen LogP contribution in [0.3, 0.4) is 0 Å². The molecule has 108 valence electrons. The topological polar surface area (TPSA) is 55.1 Å². The number of rotatable bonds is 3. The van der Waals surface area contributed by atoms with Gasteiger partial charge in [0.05, 0.1) is 12.3 Å². The van der Waals surface area contributed by atoms with Gasteiger partial charge in [-0.15, -0.1) is 11.8 Å². The van der Waals surface area contributed by atoms with E-state index in [9.17, 15) is 4.79 Å². The molecule has 1 rings (SSSR count). The first-order chi connectivity index (χ1) is 9.31. The average molecular weight is 290 g/mol. The van der Waals surface area contributed by atoms with Gasteiger partial charge >= 0.3 is 0 Å². The zero-order valence-electron chi connectivity index (χ0n) is 12.5. The number of benzene rings is 1. The molecule has 4 heteroatoms. The van der Waals surface area contributed by atoms with Crippen LogP contribution in [-0.2, 0) is 4.79 Å². The van der Waals surface area contributed by atoms with E-state index >= 15 is 0 Å². The second-order valence-corrected chi connectivity index (χ2v) is 7.29. The molecule has 0 bridgehead atoms. The molecule has 0 aliphatic rings. The van der Waals surface area contributed by atoms with E-state index in [1.807, 2.05) is 25.1 Å². The highest BCUT2D eigenvalue weighted by atomic mass is 32.2.